The molecule has 0 amide bonds. The van der Waals surface area contributed by atoms with Crippen LogP contribution in [-0.2, 0) is 6.54 Å². The molecule has 1 aliphatic rings. The van der Waals surface area contributed by atoms with E-state index in [0.29, 0.717) is 6.04 Å². The van der Waals surface area contributed by atoms with Crippen molar-refractivity contribution in [2.24, 2.45) is 0 Å². The van der Waals surface area contributed by atoms with Gasteiger partial charge in [-0.25, -0.2) is 0 Å². The summed E-state index contributed by atoms with van der Waals surface area (Å²) in [5.41, 5.74) is 1.27. The molecule has 2 aromatic rings. The van der Waals surface area contributed by atoms with Gasteiger partial charge in [0, 0.05) is 49.5 Å². The van der Waals surface area contributed by atoms with Crippen LogP contribution in [0.25, 0.3) is 0 Å². The second kappa shape index (κ2) is 6.01. The normalized spacial score (nSPS) is 20.6. The highest BCUT2D eigenvalue weighted by atomic mass is 35.5. The monoisotopic (exact) mass is 293 g/mol. The van der Waals surface area contributed by atoms with Gasteiger partial charge in [-0.05, 0) is 23.1 Å². The first-order valence-corrected chi connectivity index (χ1v) is 7.67. The third kappa shape index (κ3) is 2.98. The molecule has 0 radical (unpaired) electrons. The average Bonchev–Trinajstić information content (AvgIpc) is 2.86. The van der Waals surface area contributed by atoms with E-state index in [1.165, 1.54) is 10.4 Å². The van der Waals surface area contributed by atoms with Crippen molar-refractivity contribution < 1.29 is 0 Å². The number of aromatic nitrogens is 1. The Kier molecular flexibility index (Phi) is 4.13. The van der Waals surface area contributed by atoms with E-state index in [1.54, 1.807) is 11.3 Å². The van der Waals surface area contributed by atoms with Gasteiger partial charge in [0.25, 0.3) is 0 Å². The molecule has 1 unspecified atom stereocenters. The van der Waals surface area contributed by atoms with Crippen LogP contribution in [0.15, 0.2) is 36.0 Å². The highest BCUT2D eigenvalue weighted by Gasteiger charge is 2.24. The number of nitrogens with zero attached hydrogens (tertiary/aromatic N) is 2. The molecule has 1 atom stereocenters. The number of piperazine rings is 1. The number of hydrogen-bond acceptors (Lipinski definition) is 4. The summed E-state index contributed by atoms with van der Waals surface area (Å²) in [4.78, 5) is 7.96. The van der Waals surface area contributed by atoms with Crippen LogP contribution >= 0.6 is 22.9 Å². The number of pyridine rings is 1. The molecular formula is C14H16ClN3S. The van der Waals surface area contributed by atoms with Crippen molar-refractivity contribution in [2.45, 2.75) is 12.6 Å². The van der Waals surface area contributed by atoms with Crippen molar-refractivity contribution in [3.8, 4) is 0 Å². The summed E-state index contributed by atoms with van der Waals surface area (Å²) in [6.07, 6.45) is 3.78. The minimum Gasteiger partial charge on any atom is -0.314 e. The summed E-state index contributed by atoms with van der Waals surface area (Å²) in [5, 5.41) is 6.40. The highest BCUT2D eigenvalue weighted by Crippen LogP contribution is 2.28. The van der Waals surface area contributed by atoms with Gasteiger partial charge in [-0.2, -0.15) is 0 Å². The zero-order chi connectivity index (χ0) is 13.1. The van der Waals surface area contributed by atoms with Crippen LogP contribution in [0.5, 0.6) is 0 Å². The first-order chi connectivity index (χ1) is 9.34. The number of nitrogens with one attached hydrogen (secondary N) is 1. The quantitative estimate of drug-likeness (QED) is 0.943. The van der Waals surface area contributed by atoms with E-state index in [-0.39, 0.29) is 0 Å². The molecule has 0 aliphatic carbocycles. The van der Waals surface area contributed by atoms with Gasteiger partial charge in [0.1, 0.15) is 0 Å². The molecule has 1 N–H and O–H groups in total. The number of hydrogen-bond donors (Lipinski definition) is 1. The largest absolute Gasteiger partial charge is 0.314 e. The molecular weight excluding hydrogens is 278 g/mol. The van der Waals surface area contributed by atoms with Crippen LogP contribution in [0.1, 0.15) is 16.5 Å². The molecule has 0 aromatic carbocycles. The minimum atomic E-state index is 0.376. The molecule has 0 bridgehead atoms. The fraction of sp³-hybridized carbons (Fsp3) is 0.357. The van der Waals surface area contributed by atoms with Gasteiger partial charge in [-0.1, -0.05) is 17.7 Å². The third-order valence-corrected chi connectivity index (χ3v) is 4.83. The zero-order valence-electron chi connectivity index (χ0n) is 10.6. The molecule has 100 valence electrons. The van der Waals surface area contributed by atoms with Gasteiger partial charge < -0.3 is 5.32 Å². The first-order valence-electron chi connectivity index (χ1n) is 6.41. The Hall–Kier alpha value is -0.940. The predicted molar refractivity (Wildman–Crippen MR) is 79.6 cm³/mol. The lowest BCUT2D eigenvalue weighted by molar-refractivity contribution is 0.155. The number of rotatable bonds is 3. The van der Waals surface area contributed by atoms with Crippen molar-refractivity contribution in [3.63, 3.8) is 0 Å². The Balaban J connectivity index is 1.80. The van der Waals surface area contributed by atoms with Crippen molar-refractivity contribution in [2.75, 3.05) is 19.6 Å². The molecule has 3 nitrogen and oxygen atoms in total. The maximum atomic E-state index is 6.21. The molecule has 3 heterocycles. The molecule has 3 rings (SSSR count). The van der Waals surface area contributed by atoms with Gasteiger partial charge in [0.05, 0.1) is 5.02 Å². The number of thiophene rings is 1. The van der Waals surface area contributed by atoms with Gasteiger partial charge in [-0.3, -0.25) is 9.88 Å². The van der Waals surface area contributed by atoms with Crippen LogP contribution in [0.2, 0.25) is 5.02 Å². The fourth-order valence-electron chi connectivity index (χ4n) is 2.46. The fourth-order valence-corrected chi connectivity index (χ4v) is 3.58. The van der Waals surface area contributed by atoms with E-state index in [4.69, 9.17) is 11.6 Å². The molecule has 1 fully saturated rings. The Morgan fingerprint density at radius 3 is 3.16 bits per heavy atom. The minimum absolute atomic E-state index is 0.376. The maximum Gasteiger partial charge on any atom is 0.0558 e. The Bertz CT molecular complexity index is 528. The second-order valence-corrected chi connectivity index (χ2v) is 6.08. The average molecular weight is 294 g/mol. The topological polar surface area (TPSA) is 28.2 Å². The first kappa shape index (κ1) is 13.1. The van der Waals surface area contributed by atoms with Crippen LogP contribution in [0.4, 0.5) is 0 Å². The SMILES string of the molecule is Clc1ccsc1CN1CCNCC1c1cccnc1. The van der Waals surface area contributed by atoms with E-state index < -0.39 is 0 Å². The maximum absolute atomic E-state index is 6.21. The van der Waals surface area contributed by atoms with Crippen molar-refractivity contribution in [1.29, 1.82) is 0 Å². The van der Waals surface area contributed by atoms with Gasteiger partial charge in [0.15, 0.2) is 0 Å². The number of halogens is 1. The zero-order valence-corrected chi connectivity index (χ0v) is 12.1. The molecule has 5 heteroatoms. The second-order valence-electron chi connectivity index (χ2n) is 4.67. The summed E-state index contributed by atoms with van der Waals surface area (Å²) < 4.78 is 0. The lowest BCUT2D eigenvalue weighted by Gasteiger charge is -2.36. The standard InChI is InChI=1S/C14H16ClN3S/c15-12-3-7-19-14(12)10-18-6-5-17-9-13(18)11-2-1-4-16-8-11/h1-4,7-8,13,17H,5-6,9-10H2. The van der Waals surface area contributed by atoms with Crippen LogP contribution in [-0.4, -0.2) is 29.5 Å². The lowest BCUT2D eigenvalue weighted by Crippen LogP contribution is -2.45. The van der Waals surface area contributed by atoms with Crippen molar-refractivity contribution in [3.05, 3.63) is 51.4 Å². The van der Waals surface area contributed by atoms with Gasteiger partial charge in [0.2, 0.25) is 0 Å². The van der Waals surface area contributed by atoms with E-state index in [9.17, 15) is 0 Å². The summed E-state index contributed by atoms with van der Waals surface area (Å²) in [6, 6.07) is 6.50. The van der Waals surface area contributed by atoms with Crippen molar-refractivity contribution in [1.82, 2.24) is 15.2 Å². The molecule has 1 aliphatic heterocycles. The third-order valence-electron chi connectivity index (χ3n) is 3.46. The van der Waals surface area contributed by atoms with E-state index >= 15 is 0 Å². The summed E-state index contributed by atoms with van der Waals surface area (Å²) in [6.45, 7) is 3.94. The Morgan fingerprint density at radius 2 is 2.42 bits per heavy atom. The molecule has 19 heavy (non-hydrogen) atoms. The van der Waals surface area contributed by atoms with Gasteiger partial charge >= 0.3 is 0 Å². The summed E-state index contributed by atoms with van der Waals surface area (Å²) >= 11 is 7.94. The Morgan fingerprint density at radius 1 is 1.47 bits per heavy atom. The Labute approximate surface area is 122 Å². The molecule has 0 saturated carbocycles. The molecule has 0 spiro atoms. The van der Waals surface area contributed by atoms with E-state index in [2.05, 4.69) is 26.6 Å². The van der Waals surface area contributed by atoms with E-state index in [1.807, 2.05) is 24.5 Å². The summed E-state index contributed by atoms with van der Waals surface area (Å²) in [5.74, 6) is 0. The van der Waals surface area contributed by atoms with Crippen LogP contribution in [0.3, 0.4) is 0 Å². The summed E-state index contributed by atoms with van der Waals surface area (Å²) in [7, 11) is 0. The van der Waals surface area contributed by atoms with Crippen LogP contribution < -0.4 is 5.32 Å². The lowest BCUT2D eigenvalue weighted by atomic mass is 10.1. The molecule has 2 aromatic heterocycles. The predicted octanol–water partition coefficient (Wildman–Crippen LogP) is 2.94. The smallest absolute Gasteiger partial charge is 0.0558 e. The van der Waals surface area contributed by atoms with Crippen molar-refractivity contribution >= 4 is 22.9 Å². The highest BCUT2D eigenvalue weighted by molar-refractivity contribution is 7.10. The molecule has 1 saturated heterocycles. The van der Waals surface area contributed by atoms with Crippen LogP contribution in [0, 0.1) is 0 Å². The van der Waals surface area contributed by atoms with E-state index in [0.717, 1.165) is 31.2 Å². The van der Waals surface area contributed by atoms with Gasteiger partial charge in [-0.15, -0.1) is 11.3 Å².